The Bertz CT molecular complexity index is 431. The number of nitrogens with zero attached hydrogens (tertiary/aromatic N) is 2. The van der Waals surface area contributed by atoms with Crippen molar-refractivity contribution < 1.29 is 0 Å². The van der Waals surface area contributed by atoms with Gasteiger partial charge >= 0.3 is 0 Å². The molecule has 3 rings (SSSR count). The zero-order valence-electron chi connectivity index (χ0n) is 10.8. The first-order valence-corrected chi connectivity index (χ1v) is 7.23. The second-order valence-corrected chi connectivity index (χ2v) is 6.04. The summed E-state index contributed by atoms with van der Waals surface area (Å²) in [6, 6.07) is 2.86. The average Bonchev–Trinajstić information content (AvgIpc) is 3.09. The van der Waals surface area contributed by atoms with Crippen LogP contribution in [0, 0.1) is 5.92 Å². The first-order chi connectivity index (χ1) is 8.72. The van der Waals surface area contributed by atoms with Crippen LogP contribution in [0.15, 0.2) is 12.3 Å². The van der Waals surface area contributed by atoms with Crippen LogP contribution in [0.3, 0.4) is 0 Å². The van der Waals surface area contributed by atoms with Gasteiger partial charge in [-0.3, -0.25) is 0 Å². The van der Waals surface area contributed by atoms with Crippen molar-refractivity contribution in [2.75, 3.05) is 18.0 Å². The van der Waals surface area contributed by atoms with Gasteiger partial charge in [-0.2, -0.15) is 0 Å². The van der Waals surface area contributed by atoms with Crippen LogP contribution in [0.2, 0.25) is 5.02 Å². The van der Waals surface area contributed by atoms with Crippen LogP contribution in [-0.2, 0) is 6.54 Å². The molecule has 3 nitrogen and oxygen atoms in total. The van der Waals surface area contributed by atoms with Crippen LogP contribution in [0.5, 0.6) is 0 Å². The number of rotatable bonds is 4. The summed E-state index contributed by atoms with van der Waals surface area (Å²) in [4.78, 5) is 6.83. The van der Waals surface area contributed by atoms with E-state index in [2.05, 4.69) is 28.2 Å². The molecule has 2 heterocycles. The molecule has 2 aliphatic rings. The van der Waals surface area contributed by atoms with E-state index >= 15 is 0 Å². The van der Waals surface area contributed by atoms with E-state index in [-0.39, 0.29) is 0 Å². The van der Waals surface area contributed by atoms with Gasteiger partial charge in [0.2, 0.25) is 0 Å². The predicted octanol–water partition coefficient (Wildman–Crippen LogP) is 2.83. The minimum Gasteiger partial charge on any atom is -0.356 e. The van der Waals surface area contributed by atoms with Crippen molar-refractivity contribution in [3.05, 3.63) is 22.8 Å². The fraction of sp³-hybridized carbons (Fsp3) is 0.643. The Morgan fingerprint density at radius 1 is 1.44 bits per heavy atom. The van der Waals surface area contributed by atoms with Crippen molar-refractivity contribution in [3.8, 4) is 0 Å². The Morgan fingerprint density at radius 3 is 2.94 bits per heavy atom. The van der Waals surface area contributed by atoms with E-state index in [4.69, 9.17) is 11.6 Å². The van der Waals surface area contributed by atoms with E-state index in [1.165, 1.54) is 24.8 Å². The SMILES string of the molecule is CC1CCN(c2cc(CNC3CC3)c(Cl)cn2)C1. The largest absolute Gasteiger partial charge is 0.356 e. The molecule has 18 heavy (non-hydrogen) atoms. The maximum atomic E-state index is 6.21. The average molecular weight is 266 g/mol. The lowest BCUT2D eigenvalue weighted by molar-refractivity contribution is 0.658. The zero-order valence-corrected chi connectivity index (χ0v) is 11.6. The van der Waals surface area contributed by atoms with Crippen LogP contribution in [-0.4, -0.2) is 24.1 Å². The maximum absolute atomic E-state index is 6.21. The normalized spacial score (nSPS) is 23.7. The molecule has 0 radical (unpaired) electrons. The summed E-state index contributed by atoms with van der Waals surface area (Å²) >= 11 is 6.21. The molecule has 1 aliphatic carbocycles. The molecule has 98 valence electrons. The lowest BCUT2D eigenvalue weighted by Gasteiger charge is -2.18. The molecule has 0 amide bonds. The molecule has 1 aromatic heterocycles. The highest BCUT2D eigenvalue weighted by atomic mass is 35.5. The van der Waals surface area contributed by atoms with Crippen molar-refractivity contribution in [1.82, 2.24) is 10.3 Å². The molecule has 1 N–H and O–H groups in total. The van der Waals surface area contributed by atoms with Crippen LogP contribution in [0.4, 0.5) is 5.82 Å². The second kappa shape index (κ2) is 5.06. The molecule has 0 bridgehead atoms. The summed E-state index contributed by atoms with van der Waals surface area (Å²) in [6.07, 6.45) is 5.67. The van der Waals surface area contributed by atoms with E-state index in [0.29, 0.717) is 6.04 Å². The number of aromatic nitrogens is 1. The number of nitrogens with one attached hydrogen (secondary N) is 1. The standard InChI is InChI=1S/C14H20ClN3/c1-10-4-5-18(9-10)14-6-11(13(15)8-17-14)7-16-12-2-3-12/h6,8,10,12,16H,2-5,7,9H2,1H3. The lowest BCUT2D eigenvalue weighted by Crippen LogP contribution is -2.21. The van der Waals surface area contributed by atoms with Gasteiger partial charge in [-0.25, -0.2) is 4.98 Å². The molecular formula is C14H20ClN3. The van der Waals surface area contributed by atoms with Crippen molar-refractivity contribution >= 4 is 17.4 Å². The van der Waals surface area contributed by atoms with Gasteiger partial charge in [0, 0.05) is 31.9 Å². The Morgan fingerprint density at radius 2 is 2.28 bits per heavy atom. The number of hydrogen-bond acceptors (Lipinski definition) is 3. The van der Waals surface area contributed by atoms with Crippen LogP contribution >= 0.6 is 11.6 Å². The first-order valence-electron chi connectivity index (χ1n) is 6.85. The van der Waals surface area contributed by atoms with Gasteiger partial charge in [-0.05, 0) is 36.8 Å². The minimum absolute atomic E-state index is 0.712. The molecular weight excluding hydrogens is 246 g/mol. The monoisotopic (exact) mass is 265 g/mol. The molecule has 0 aromatic carbocycles. The van der Waals surface area contributed by atoms with Gasteiger partial charge in [-0.1, -0.05) is 18.5 Å². The molecule has 1 saturated carbocycles. The van der Waals surface area contributed by atoms with E-state index in [0.717, 1.165) is 36.4 Å². The van der Waals surface area contributed by atoms with Crippen molar-refractivity contribution in [2.45, 2.75) is 38.8 Å². The highest BCUT2D eigenvalue weighted by molar-refractivity contribution is 6.31. The van der Waals surface area contributed by atoms with Gasteiger partial charge in [0.1, 0.15) is 5.82 Å². The van der Waals surface area contributed by atoms with Crippen LogP contribution in [0.1, 0.15) is 31.7 Å². The summed E-state index contributed by atoms with van der Waals surface area (Å²) in [6.45, 7) is 5.39. The van der Waals surface area contributed by atoms with Crippen molar-refractivity contribution in [2.24, 2.45) is 5.92 Å². The summed E-state index contributed by atoms with van der Waals surface area (Å²) in [5, 5.41) is 4.29. The fourth-order valence-electron chi connectivity index (χ4n) is 2.46. The summed E-state index contributed by atoms with van der Waals surface area (Å²) < 4.78 is 0. The molecule has 2 fully saturated rings. The molecule has 4 heteroatoms. The van der Waals surface area contributed by atoms with Gasteiger partial charge < -0.3 is 10.2 Å². The molecule has 1 aliphatic heterocycles. The summed E-state index contributed by atoms with van der Waals surface area (Å²) in [7, 11) is 0. The van der Waals surface area contributed by atoms with E-state index in [1.54, 1.807) is 6.20 Å². The zero-order chi connectivity index (χ0) is 12.5. The van der Waals surface area contributed by atoms with E-state index in [9.17, 15) is 0 Å². The molecule has 1 atom stereocenters. The van der Waals surface area contributed by atoms with Gasteiger partial charge in [0.15, 0.2) is 0 Å². The number of pyridine rings is 1. The second-order valence-electron chi connectivity index (χ2n) is 5.63. The topological polar surface area (TPSA) is 28.2 Å². The Labute approximate surface area is 114 Å². The van der Waals surface area contributed by atoms with Crippen LogP contribution < -0.4 is 10.2 Å². The molecule has 1 unspecified atom stereocenters. The molecule has 0 spiro atoms. The quantitative estimate of drug-likeness (QED) is 0.907. The highest BCUT2D eigenvalue weighted by Crippen LogP contribution is 2.26. The number of anilines is 1. The third kappa shape index (κ3) is 2.78. The van der Waals surface area contributed by atoms with Gasteiger partial charge in [0.05, 0.1) is 5.02 Å². The summed E-state index contributed by atoms with van der Waals surface area (Å²) in [5.74, 6) is 1.85. The highest BCUT2D eigenvalue weighted by Gasteiger charge is 2.22. The minimum atomic E-state index is 0.712. The Kier molecular flexibility index (Phi) is 3.44. The van der Waals surface area contributed by atoms with Crippen LogP contribution in [0.25, 0.3) is 0 Å². The predicted molar refractivity (Wildman–Crippen MR) is 75.1 cm³/mol. The first kappa shape index (κ1) is 12.2. The summed E-state index contributed by atoms with van der Waals surface area (Å²) in [5.41, 5.74) is 1.17. The lowest BCUT2D eigenvalue weighted by atomic mass is 10.2. The smallest absolute Gasteiger partial charge is 0.128 e. The van der Waals surface area contributed by atoms with Crippen molar-refractivity contribution in [3.63, 3.8) is 0 Å². The number of hydrogen-bond donors (Lipinski definition) is 1. The fourth-order valence-corrected chi connectivity index (χ4v) is 2.63. The maximum Gasteiger partial charge on any atom is 0.128 e. The Hall–Kier alpha value is -0.800. The Balaban J connectivity index is 1.72. The van der Waals surface area contributed by atoms with Gasteiger partial charge in [0.25, 0.3) is 0 Å². The molecule has 1 saturated heterocycles. The van der Waals surface area contributed by atoms with E-state index in [1.807, 2.05) is 0 Å². The third-order valence-electron chi connectivity index (χ3n) is 3.83. The van der Waals surface area contributed by atoms with E-state index < -0.39 is 0 Å². The van der Waals surface area contributed by atoms with Crippen molar-refractivity contribution in [1.29, 1.82) is 0 Å². The number of halogens is 1. The molecule has 1 aromatic rings. The van der Waals surface area contributed by atoms with Gasteiger partial charge in [-0.15, -0.1) is 0 Å². The third-order valence-corrected chi connectivity index (χ3v) is 4.17.